The molecule has 3 atom stereocenters. The van der Waals surface area contributed by atoms with Crippen LogP contribution in [0.4, 0.5) is 0 Å². The van der Waals surface area contributed by atoms with Gasteiger partial charge in [-0.25, -0.2) is 0 Å². The van der Waals surface area contributed by atoms with Gasteiger partial charge in [-0.15, -0.1) is 0 Å². The third-order valence-corrected chi connectivity index (χ3v) is 5.86. The predicted octanol–water partition coefficient (Wildman–Crippen LogP) is 1.93. The Balaban J connectivity index is 1.74. The number of carbonyl (C=O) groups is 3. The molecule has 2 fully saturated rings. The number of phenolic OH excluding ortho intramolecular Hbond substituents is 1. The van der Waals surface area contributed by atoms with Crippen molar-refractivity contribution < 1.29 is 24.2 Å². The molecule has 1 aromatic rings. The molecule has 7 heteroatoms. The van der Waals surface area contributed by atoms with Crippen molar-refractivity contribution in [2.75, 3.05) is 6.61 Å². The van der Waals surface area contributed by atoms with Crippen LogP contribution in [-0.4, -0.2) is 47.5 Å². The molecule has 28 heavy (non-hydrogen) atoms. The van der Waals surface area contributed by atoms with Gasteiger partial charge in [-0.1, -0.05) is 19.8 Å². The molecule has 1 aromatic carbocycles. The molecule has 7 nitrogen and oxygen atoms in total. The second-order valence-electron chi connectivity index (χ2n) is 8.26. The molecule has 0 spiro atoms. The standard InChI is InChI=1S/C21H28N2O5/c1-13-18(17(25)12-28-13)23-20(27)16(11-21(2)9-3-4-10-21)22-19(26)14-5-7-15(24)8-6-14/h5-8,13,16,18,24H,3-4,9-12H2,1-2H3,(H,22,26)(H,23,27)/t13-,16?,18-/m0/s1. The molecular weight excluding hydrogens is 360 g/mol. The summed E-state index contributed by atoms with van der Waals surface area (Å²) in [5.41, 5.74) is 0.340. The van der Waals surface area contributed by atoms with Gasteiger partial charge in [0.15, 0.2) is 5.78 Å². The minimum atomic E-state index is -0.745. The molecule has 1 saturated carbocycles. The minimum Gasteiger partial charge on any atom is -0.508 e. The number of rotatable bonds is 6. The number of aromatic hydroxyl groups is 1. The summed E-state index contributed by atoms with van der Waals surface area (Å²) in [6, 6.07) is 4.44. The summed E-state index contributed by atoms with van der Waals surface area (Å²) in [6.45, 7) is 3.88. The molecule has 0 aromatic heterocycles. The van der Waals surface area contributed by atoms with Gasteiger partial charge < -0.3 is 20.5 Å². The molecule has 1 heterocycles. The molecule has 1 aliphatic carbocycles. The lowest BCUT2D eigenvalue weighted by Crippen LogP contribution is -2.54. The van der Waals surface area contributed by atoms with Gasteiger partial charge in [0.1, 0.15) is 24.4 Å². The van der Waals surface area contributed by atoms with E-state index in [9.17, 15) is 19.5 Å². The molecule has 3 N–H and O–H groups in total. The fourth-order valence-electron chi connectivity index (χ4n) is 4.10. The average molecular weight is 388 g/mol. The Morgan fingerprint density at radius 3 is 2.46 bits per heavy atom. The van der Waals surface area contributed by atoms with Gasteiger partial charge in [0.2, 0.25) is 5.91 Å². The zero-order valence-electron chi connectivity index (χ0n) is 16.4. The summed E-state index contributed by atoms with van der Waals surface area (Å²) in [4.78, 5) is 37.6. The van der Waals surface area contributed by atoms with Gasteiger partial charge in [-0.2, -0.15) is 0 Å². The average Bonchev–Trinajstić information content (AvgIpc) is 3.22. The number of ketones is 1. The van der Waals surface area contributed by atoms with E-state index in [1.54, 1.807) is 6.92 Å². The Morgan fingerprint density at radius 1 is 1.25 bits per heavy atom. The molecule has 2 amide bonds. The molecule has 1 aliphatic heterocycles. The number of benzene rings is 1. The van der Waals surface area contributed by atoms with Crippen molar-refractivity contribution >= 4 is 17.6 Å². The Hall–Kier alpha value is -2.41. The first-order chi connectivity index (χ1) is 13.3. The second kappa shape index (κ2) is 8.31. The highest BCUT2D eigenvalue weighted by molar-refractivity contribution is 5.99. The number of nitrogens with one attached hydrogen (secondary N) is 2. The van der Waals surface area contributed by atoms with Gasteiger partial charge in [0, 0.05) is 5.56 Å². The number of hydrogen-bond donors (Lipinski definition) is 3. The Kier molecular flexibility index (Phi) is 6.03. The van der Waals surface area contributed by atoms with Crippen LogP contribution in [-0.2, 0) is 14.3 Å². The predicted molar refractivity (Wildman–Crippen MR) is 103 cm³/mol. The molecule has 0 bridgehead atoms. The van der Waals surface area contributed by atoms with Gasteiger partial charge in [-0.3, -0.25) is 14.4 Å². The van der Waals surface area contributed by atoms with Crippen molar-refractivity contribution in [3.8, 4) is 5.75 Å². The van der Waals surface area contributed by atoms with Crippen molar-refractivity contribution in [2.45, 2.75) is 64.1 Å². The third kappa shape index (κ3) is 4.70. The van der Waals surface area contributed by atoms with Crippen LogP contribution in [0.1, 0.15) is 56.3 Å². The second-order valence-corrected chi connectivity index (χ2v) is 8.26. The maximum absolute atomic E-state index is 13.0. The number of hydrogen-bond acceptors (Lipinski definition) is 5. The first kappa shape index (κ1) is 20.3. The van der Waals surface area contributed by atoms with Crippen LogP contribution in [0.15, 0.2) is 24.3 Å². The fourth-order valence-corrected chi connectivity index (χ4v) is 4.10. The van der Waals surface area contributed by atoms with E-state index in [0.29, 0.717) is 12.0 Å². The first-order valence-corrected chi connectivity index (χ1v) is 9.82. The quantitative estimate of drug-likeness (QED) is 0.691. The van der Waals surface area contributed by atoms with Crippen molar-refractivity contribution in [3.63, 3.8) is 0 Å². The number of phenols is 1. The molecule has 1 unspecified atom stereocenters. The van der Waals surface area contributed by atoms with Crippen molar-refractivity contribution in [2.24, 2.45) is 5.41 Å². The largest absolute Gasteiger partial charge is 0.508 e. The van der Waals surface area contributed by atoms with Crippen molar-refractivity contribution in [3.05, 3.63) is 29.8 Å². The summed E-state index contributed by atoms with van der Waals surface area (Å²) < 4.78 is 5.30. The van der Waals surface area contributed by atoms with Gasteiger partial charge in [0.05, 0.1) is 6.10 Å². The van der Waals surface area contributed by atoms with E-state index < -0.39 is 12.1 Å². The molecule has 0 radical (unpaired) electrons. The minimum absolute atomic E-state index is 0.00559. The Bertz CT molecular complexity index is 740. The van der Waals surface area contributed by atoms with Gasteiger partial charge in [-0.05, 0) is 55.9 Å². The Labute approximate surface area is 164 Å². The lowest BCUT2D eigenvalue weighted by molar-refractivity contribution is -0.128. The molecule has 152 valence electrons. The van der Waals surface area contributed by atoms with Crippen LogP contribution in [0.25, 0.3) is 0 Å². The summed E-state index contributed by atoms with van der Waals surface area (Å²) in [5.74, 6) is -0.839. The summed E-state index contributed by atoms with van der Waals surface area (Å²) in [7, 11) is 0. The highest BCUT2D eigenvalue weighted by Gasteiger charge is 2.39. The highest BCUT2D eigenvalue weighted by Crippen LogP contribution is 2.41. The van der Waals surface area contributed by atoms with E-state index in [1.165, 1.54) is 24.3 Å². The Morgan fingerprint density at radius 2 is 1.89 bits per heavy atom. The topological polar surface area (TPSA) is 105 Å². The smallest absolute Gasteiger partial charge is 0.251 e. The first-order valence-electron chi connectivity index (χ1n) is 9.82. The maximum Gasteiger partial charge on any atom is 0.251 e. The van der Waals surface area contributed by atoms with Crippen LogP contribution in [0.5, 0.6) is 5.75 Å². The number of carbonyl (C=O) groups excluding carboxylic acids is 3. The number of amides is 2. The van der Waals surface area contributed by atoms with E-state index >= 15 is 0 Å². The van der Waals surface area contributed by atoms with E-state index in [0.717, 1.165) is 25.7 Å². The lowest BCUT2D eigenvalue weighted by Gasteiger charge is -2.30. The van der Waals surface area contributed by atoms with E-state index in [1.807, 2.05) is 0 Å². The van der Waals surface area contributed by atoms with Crippen LogP contribution >= 0.6 is 0 Å². The van der Waals surface area contributed by atoms with Crippen LogP contribution < -0.4 is 10.6 Å². The molecule has 1 saturated heterocycles. The zero-order chi connectivity index (χ0) is 20.3. The van der Waals surface area contributed by atoms with Crippen LogP contribution in [0.2, 0.25) is 0 Å². The summed E-state index contributed by atoms with van der Waals surface area (Å²) in [5, 5.41) is 15.0. The van der Waals surface area contributed by atoms with Crippen LogP contribution in [0, 0.1) is 5.41 Å². The molecular formula is C21H28N2O5. The highest BCUT2D eigenvalue weighted by atomic mass is 16.5. The monoisotopic (exact) mass is 388 g/mol. The van der Waals surface area contributed by atoms with Gasteiger partial charge in [0.25, 0.3) is 5.91 Å². The lowest BCUT2D eigenvalue weighted by atomic mass is 9.81. The third-order valence-electron chi connectivity index (χ3n) is 5.86. The maximum atomic E-state index is 13.0. The fraction of sp³-hybridized carbons (Fsp3) is 0.571. The normalized spacial score (nSPS) is 24.7. The molecule has 2 aliphatic rings. The van der Waals surface area contributed by atoms with E-state index in [4.69, 9.17) is 4.74 Å². The molecule has 3 rings (SSSR count). The van der Waals surface area contributed by atoms with E-state index in [-0.39, 0.29) is 41.5 Å². The van der Waals surface area contributed by atoms with Crippen LogP contribution in [0.3, 0.4) is 0 Å². The van der Waals surface area contributed by atoms with Gasteiger partial charge >= 0.3 is 0 Å². The SMILES string of the molecule is C[C@@H]1OCC(=O)[C@H]1NC(=O)C(CC1(C)CCCC1)NC(=O)c1ccc(O)cc1. The summed E-state index contributed by atoms with van der Waals surface area (Å²) >= 11 is 0. The van der Waals surface area contributed by atoms with Crippen molar-refractivity contribution in [1.29, 1.82) is 0 Å². The summed E-state index contributed by atoms with van der Waals surface area (Å²) in [6.07, 6.45) is 4.37. The number of ether oxygens (including phenoxy) is 1. The van der Waals surface area contributed by atoms with E-state index in [2.05, 4.69) is 17.6 Å². The number of Topliss-reactive ketones (excluding diaryl/α,β-unsaturated/α-hetero) is 1. The van der Waals surface area contributed by atoms with Crippen molar-refractivity contribution in [1.82, 2.24) is 10.6 Å². The zero-order valence-corrected chi connectivity index (χ0v) is 16.4.